The number of nitrogens with zero attached hydrogens (tertiary/aromatic N) is 1. The van der Waals surface area contributed by atoms with Gasteiger partial charge in [-0.05, 0) is 42.2 Å². The Morgan fingerprint density at radius 2 is 1.90 bits per heavy atom. The molecule has 0 aliphatic carbocycles. The molecule has 3 nitrogen and oxygen atoms in total. The van der Waals surface area contributed by atoms with Crippen molar-refractivity contribution in [2.24, 2.45) is 5.73 Å². The van der Waals surface area contributed by atoms with E-state index in [4.69, 9.17) is 11.1 Å². The largest absolute Gasteiger partial charge is 0.382 e. The Bertz CT molecular complexity index is 694. The average molecular weight is 267 g/mol. The van der Waals surface area contributed by atoms with Crippen molar-refractivity contribution in [3.63, 3.8) is 0 Å². The zero-order valence-electron chi connectivity index (χ0n) is 11.1. The number of nitrogen functional groups attached to an aromatic ring is 1. The third kappa shape index (κ3) is 3.21. The summed E-state index contributed by atoms with van der Waals surface area (Å²) in [6, 6.07) is 10.6. The molecule has 100 valence electrons. The van der Waals surface area contributed by atoms with Crippen molar-refractivity contribution in [1.29, 1.82) is 5.41 Å². The van der Waals surface area contributed by atoms with Crippen molar-refractivity contribution in [3.05, 3.63) is 64.7 Å². The Labute approximate surface area is 117 Å². The zero-order chi connectivity index (χ0) is 14.5. The maximum atomic E-state index is 13.3. The lowest BCUT2D eigenvalue weighted by Gasteiger charge is -1.99. The van der Waals surface area contributed by atoms with Gasteiger partial charge >= 0.3 is 0 Å². The van der Waals surface area contributed by atoms with Crippen LogP contribution in [0.5, 0.6) is 0 Å². The number of aromatic nitrogens is 1. The lowest BCUT2D eigenvalue weighted by atomic mass is 10.1. The molecule has 0 saturated heterocycles. The van der Waals surface area contributed by atoms with Crippen LogP contribution in [0.2, 0.25) is 0 Å². The van der Waals surface area contributed by atoms with Crippen LogP contribution in [0.15, 0.2) is 36.4 Å². The molecule has 0 amide bonds. The number of nitrogens with two attached hydrogens (primary N) is 1. The van der Waals surface area contributed by atoms with E-state index >= 15 is 0 Å². The van der Waals surface area contributed by atoms with Crippen LogP contribution in [0, 0.1) is 23.1 Å². The van der Waals surface area contributed by atoms with E-state index in [0.29, 0.717) is 5.69 Å². The fraction of sp³-hybridized carbons (Fsp3) is 0.125. The Morgan fingerprint density at radius 3 is 2.50 bits per heavy atom. The van der Waals surface area contributed by atoms with Crippen molar-refractivity contribution in [3.8, 4) is 11.8 Å². The minimum Gasteiger partial charge on any atom is -0.382 e. The van der Waals surface area contributed by atoms with Gasteiger partial charge in [0.2, 0.25) is 0 Å². The van der Waals surface area contributed by atoms with Crippen LogP contribution in [-0.4, -0.2) is 10.8 Å². The number of amidine groups is 1. The minimum absolute atomic E-state index is 0.168. The van der Waals surface area contributed by atoms with E-state index in [1.165, 1.54) is 17.7 Å². The van der Waals surface area contributed by atoms with Gasteiger partial charge in [-0.2, -0.15) is 0 Å². The summed E-state index contributed by atoms with van der Waals surface area (Å²) < 4.78 is 13.3. The van der Waals surface area contributed by atoms with Crippen LogP contribution in [0.3, 0.4) is 0 Å². The summed E-state index contributed by atoms with van der Waals surface area (Å²) in [5, 5.41) is 7.24. The topological polar surface area (TPSA) is 62.8 Å². The van der Waals surface area contributed by atoms with Crippen LogP contribution in [0.4, 0.5) is 4.39 Å². The van der Waals surface area contributed by atoms with Gasteiger partial charge in [0.05, 0.1) is 0 Å². The molecule has 2 rings (SSSR count). The second-order valence-electron chi connectivity index (χ2n) is 4.24. The highest BCUT2D eigenvalue weighted by molar-refractivity contribution is 5.93. The summed E-state index contributed by atoms with van der Waals surface area (Å²) in [5.41, 5.74) is 7.58. The molecule has 0 radical (unpaired) electrons. The highest BCUT2D eigenvalue weighted by Crippen LogP contribution is 2.06. The van der Waals surface area contributed by atoms with E-state index in [0.717, 1.165) is 12.0 Å². The predicted molar refractivity (Wildman–Crippen MR) is 77.0 cm³/mol. The van der Waals surface area contributed by atoms with E-state index in [-0.39, 0.29) is 5.69 Å². The number of halogens is 1. The highest BCUT2D eigenvalue weighted by atomic mass is 19.1. The molecule has 3 N–H and O–H groups in total. The van der Waals surface area contributed by atoms with Crippen LogP contribution in [0.25, 0.3) is 0 Å². The Hall–Kier alpha value is -2.67. The third-order valence-electron chi connectivity index (χ3n) is 2.80. The van der Waals surface area contributed by atoms with Crippen LogP contribution < -0.4 is 5.73 Å². The monoisotopic (exact) mass is 267 g/mol. The first-order valence-electron chi connectivity index (χ1n) is 6.22. The molecule has 1 aromatic heterocycles. The number of benzene rings is 1. The van der Waals surface area contributed by atoms with Crippen LogP contribution in [0.1, 0.15) is 29.4 Å². The maximum absolute atomic E-state index is 13.3. The van der Waals surface area contributed by atoms with Crippen molar-refractivity contribution in [2.45, 2.75) is 13.3 Å². The normalized spacial score (nSPS) is 9.70. The van der Waals surface area contributed by atoms with Gasteiger partial charge in [-0.1, -0.05) is 25.0 Å². The van der Waals surface area contributed by atoms with Gasteiger partial charge < -0.3 is 5.73 Å². The second-order valence-corrected chi connectivity index (χ2v) is 4.24. The summed E-state index contributed by atoms with van der Waals surface area (Å²) in [4.78, 5) is 3.92. The molecule has 0 atom stereocenters. The van der Waals surface area contributed by atoms with Gasteiger partial charge in [0.25, 0.3) is 0 Å². The second kappa shape index (κ2) is 5.98. The molecule has 0 saturated carbocycles. The number of rotatable bonds is 2. The van der Waals surface area contributed by atoms with Crippen LogP contribution >= 0.6 is 0 Å². The van der Waals surface area contributed by atoms with Crippen molar-refractivity contribution >= 4 is 5.84 Å². The van der Waals surface area contributed by atoms with Gasteiger partial charge in [-0.25, -0.2) is 9.37 Å². The Morgan fingerprint density at radius 1 is 1.20 bits per heavy atom. The molecule has 0 unspecified atom stereocenters. The summed E-state index contributed by atoms with van der Waals surface area (Å²) in [6.45, 7) is 2.09. The molecule has 1 aromatic carbocycles. The maximum Gasteiger partial charge on any atom is 0.152 e. The molecule has 0 bridgehead atoms. The Kier molecular flexibility index (Phi) is 4.11. The predicted octanol–water partition coefficient (Wildman–Crippen LogP) is 2.47. The molecule has 4 heteroatoms. The third-order valence-corrected chi connectivity index (χ3v) is 2.80. The van der Waals surface area contributed by atoms with Gasteiger partial charge in [0.1, 0.15) is 17.2 Å². The molecule has 1 heterocycles. The SMILES string of the molecule is CCc1ccc(C#Cc2ccc(F)c(C(=N)N)n2)cc1. The fourth-order valence-corrected chi connectivity index (χ4v) is 1.66. The van der Waals surface area contributed by atoms with E-state index in [2.05, 4.69) is 23.7 Å². The number of pyridine rings is 1. The van der Waals surface area contributed by atoms with Gasteiger partial charge in [-0.15, -0.1) is 0 Å². The van der Waals surface area contributed by atoms with Crippen molar-refractivity contribution in [2.75, 3.05) is 0 Å². The number of nitrogens with one attached hydrogen (secondary N) is 1. The summed E-state index contributed by atoms with van der Waals surface area (Å²) >= 11 is 0. The molecular weight excluding hydrogens is 253 g/mol. The molecule has 0 aliphatic heterocycles. The van der Waals surface area contributed by atoms with Crippen LogP contribution in [-0.2, 0) is 6.42 Å². The summed E-state index contributed by atoms with van der Waals surface area (Å²) in [7, 11) is 0. The number of aryl methyl sites for hydroxylation is 1. The summed E-state index contributed by atoms with van der Waals surface area (Å²) in [5.74, 6) is 4.77. The standard InChI is InChI=1S/C16H14FN3/c1-2-11-3-5-12(6-4-11)7-8-13-9-10-14(17)15(20-13)16(18)19/h3-6,9-10H,2H2,1H3,(H3,18,19). The molecule has 2 aromatic rings. The molecule has 0 spiro atoms. The smallest absolute Gasteiger partial charge is 0.152 e. The first kappa shape index (κ1) is 13.8. The van der Waals surface area contributed by atoms with E-state index in [9.17, 15) is 4.39 Å². The quantitative estimate of drug-likeness (QED) is 0.499. The van der Waals surface area contributed by atoms with Gasteiger partial charge in [0.15, 0.2) is 5.82 Å². The van der Waals surface area contributed by atoms with Gasteiger partial charge in [-0.3, -0.25) is 5.41 Å². The van der Waals surface area contributed by atoms with Crippen molar-refractivity contribution < 1.29 is 4.39 Å². The average Bonchev–Trinajstić information content (AvgIpc) is 2.46. The zero-order valence-corrected chi connectivity index (χ0v) is 11.1. The lowest BCUT2D eigenvalue weighted by molar-refractivity contribution is 0.617. The summed E-state index contributed by atoms with van der Waals surface area (Å²) in [6.07, 6.45) is 0.981. The van der Waals surface area contributed by atoms with E-state index < -0.39 is 11.7 Å². The highest BCUT2D eigenvalue weighted by Gasteiger charge is 2.06. The van der Waals surface area contributed by atoms with Crippen molar-refractivity contribution in [1.82, 2.24) is 4.98 Å². The van der Waals surface area contributed by atoms with E-state index in [1.807, 2.05) is 24.3 Å². The molecule has 0 aliphatic rings. The lowest BCUT2D eigenvalue weighted by Crippen LogP contribution is -2.15. The molecule has 20 heavy (non-hydrogen) atoms. The Balaban J connectivity index is 2.28. The molecule has 0 fully saturated rings. The molecular formula is C16H14FN3. The number of hydrogen-bond donors (Lipinski definition) is 2. The minimum atomic E-state index is -0.615. The number of hydrogen-bond acceptors (Lipinski definition) is 2. The fourth-order valence-electron chi connectivity index (χ4n) is 1.66. The first-order valence-corrected chi connectivity index (χ1v) is 6.22. The van der Waals surface area contributed by atoms with E-state index in [1.54, 1.807) is 0 Å². The first-order chi connectivity index (χ1) is 9.60. The van der Waals surface area contributed by atoms with Gasteiger partial charge in [0, 0.05) is 5.56 Å².